The second kappa shape index (κ2) is 23.8. The third kappa shape index (κ3) is 13.4. The maximum Gasteiger partial charge on any atom is 0.497 e. The summed E-state index contributed by atoms with van der Waals surface area (Å²) < 4.78 is 144. The standard InChI is InChI=1S/C28H16F5N3.C21H13ClFN3.C13H15BF4O2/c29-23-14-11-19(15-22(23)21-13-12-20(16-24(21)30)28(31,32)33)27-35-25(17-7-3-1-4-8-17)34-26(36-27)18-9-5-2-6-10-18;22-17-13-16(11-12-18(17)23)21-25-19(14-7-3-1-4-8-14)24-20(26-21)15-9-5-2-6-10-15;1-11(2)12(3,4)20-14(19-11)9-6-5-8(7-10(9)15)13(16,17)18/h1-16H;1-13H;5-7H,1-4H3. The highest BCUT2D eigenvalue weighted by molar-refractivity contribution is 6.62. The Morgan fingerprint density at radius 2 is 0.695 bits per heavy atom. The van der Waals surface area contributed by atoms with Crippen LogP contribution in [-0.4, -0.2) is 48.2 Å². The molecule has 0 amide bonds. The Labute approximate surface area is 469 Å². The van der Waals surface area contributed by atoms with Gasteiger partial charge in [-0.25, -0.2) is 47.5 Å². The van der Waals surface area contributed by atoms with E-state index in [4.69, 9.17) is 20.9 Å². The normalized spacial score (nSPS) is 13.6. The Morgan fingerprint density at radius 3 is 1.05 bits per heavy atom. The quantitative estimate of drug-likeness (QED) is 0.110. The molecule has 0 saturated carbocycles. The van der Waals surface area contributed by atoms with Crippen LogP contribution in [0.5, 0.6) is 0 Å². The van der Waals surface area contributed by atoms with Crippen molar-refractivity contribution in [2.24, 2.45) is 0 Å². The second-order valence-corrected chi connectivity index (χ2v) is 19.8. The van der Waals surface area contributed by atoms with Crippen molar-refractivity contribution in [3.63, 3.8) is 0 Å². The van der Waals surface area contributed by atoms with Crippen LogP contribution in [0.4, 0.5) is 43.9 Å². The molecule has 0 bridgehead atoms. The molecule has 1 fully saturated rings. The van der Waals surface area contributed by atoms with E-state index in [1.54, 1.807) is 33.8 Å². The highest BCUT2D eigenvalue weighted by Crippen LogP contribution is 2.39. The minimum absolute atomic E-state index is 0.0309. The fourth-order valence-corrected chi connectivity index (χ4v) is 8.34. The molecule has 0 N–H and O–H groups in total. The summed E-state index contributed by atoms with van der Waals surface area (Å²) in [5.74, 6) is -0.934. The van der Waals surface area contributed by atoms with Gasteiger partial charge < -0.3 is 9.31 Å². The topological polar surface area (TPSA) is 95.8 Å². The molecule has 0 unspecified atom stereocenters. The zero-order valence-corrected chi connectivity index (χ0v) is 44.5. The molecule has 10 aromatic rings. The molecule has 0 atom stereocenters. The average molecular weight is 1140 g/mol. The third-order valence-electron chi connectivity index (χ3n) is 13.2. The predicted octanol–water partition coefficient (Wildman–Crippen LogP) is 16.6. The van der Waals surface area contributed by atoms with E-state index in [0.29, 0.717) is 58.4 Å². The molecule has 1 saturated heterocycles. The summed E-state index contributed by atoms with van der Waals surface area (Å²) in [6, 6.07) is 50.3. The van der Waals surface area contributed by atoms with Crippen molar-refractivity contribution in [1.29, 1.82) is 0 Å². The highest BCUT2D eigenvalue weighted by Gasteiger charge is 2.52. The Hall–Kier alpha value is -8.65. The molecule has 8 aromatic carbocycles. The monoisotopic (exact) mass is 1140 g/mol. The van der Waals surface area contributed by atoms with Gasteiger partial charge in [-0.1, -0.05) is 151 Å². The van der Waals surface area contributed by atoms with Gasteiger partial charge in [0.1, 0.15) is 23.3 Å². The van der Waals surface area contributed by atoms with Crippen LogP contribution >= 0.6 is 11.6 Å². The second-order valence-electron chi connectivity index (χ2n) is 19.4. The minimum atomic E-state index is -4.72. The molecule has 1 aliphatic rings. The van der Waals surface area contributed by atoms with E-state index in [1.165, 1.54) is 24.3 Å². The van der Waals surface area contributed by atoms with Crippen LogP contribution in [0.2, 0.25) is 5.02 Å². The van der Waals surface area contributed by atoms with E-state index in [-0.39, 0.29) is 27.4 Å². The number of hydrogen-bond acceptors (Lipinski definition) is 8. The van der Waals surface area contributed by atoms with Gasteiger partial charge in [-0.05, 0) is 82.3 Å². The van der Waals surface area contributed by atoms with Crippen molar-refractivity contribution in [2.45, 2.75) is 51.2 Å². The first-order chi connectivity index (χ1) is 38.9. The molecule has 0 spiro atoms. The maximum atomic E-state index is 14.7. The lowest BCUT2D eigenvalue weighted by molar-refractivity contribution is -0.138. The van der Waals surface area contributed by atoms with E-state index in [0.717, 1.165) is 46.5 Å². The number of halogens is 11. The Balaban J connectivity index is 0.000000155. The highest BCUT2D eigenvalue weighted by atomic mass is 35.5. The summed E-state index contributed by atoms with van der Waals surface area (Å²) in [4.78, 5) is 27.4. The molecule has 82 heavy (non-hydrogen) atoms. The van der Waals surface area contributed by atoms with Crippen LogP contribution in [0.25, 0.3) is 79.5 Å². The van der Waals surface area contributed by atoms with Crippen LogP contribution in [0.15, 0.2) is 194 Å². The first-order valence-corrected chi connectivity index (χ1v) is 25.4. The summed E-state index contributed by atoms with van der Waals surface area (Å²) in [6.45, 7) is 7.15. The number of benzene rings is 8. The van der Waals surface area contributed by atoms with E-state index < -0.39 is 65.1 Å². The fraction of sp³-hybridized carbons (Fsp3) is 0.129. The van der Waals surface area contributed by atoms with Crippen LogP contribution in [-0.2, 0) is 21.7 Å². The van der Waals surface area contributed by atoms with Gasteiger partial charge in [0.2, 0.25) is 0 Å². The fourth-order valence-electron chi connectivity index (χ4n) is 8.16. The summed E-state index contributed by atoms with van der Waals surface area (Å²) in [7, 11) is -1.01. The Bertz CT molecular complexity index is 3750. The Kier molecular flexibility index (Phi) is 16.9. The zero-order chi connectivity index (χ0) is 58.6. The maximum absolute atomic E-state index is 14.7. The van der Waals surface area contributed by atoms with Crippen molar-refractivity contribution in [2.75, 3.05) is 0 Å². The molecule has 0 aliphatic carbocycles. The number of alkyl halides is 6. The van der Waals surface area contributed by atoms with Gasteiger partial charge in [-0.3, -0.25) is 0 Å². The van der Waals surface area contributed by atoms with E-state index in [2.05, 4.69) is 29.9 Å². The van der Waals surface area contributed by atoms with Gasteiger partial charge in [-0.15, -0.1) is 0 Å². The van der Waals surface area contributed by atoms with Gasteiger partial charge in [0.15, 0.2) is 34.9 Å². The SMILES string of the molecule is CC1(C)OB(c2ccc(C(F)(F)F)cc2F)OC1(C)C.Fc1cc(C(F)(F)F)ccc1-c1cc(-c2nc(-c3ccccc3)nc(-c3ccccc3)n2)ccc1F.Fc1ccc(-c2nc(-c3ccccc3)nc(-c3ccccc3)n2)cc1Cl. The molecule has 414 valence electrons. The molecular weight excluding hydrogens is 1100 g/mol. The summed E-state index contributed by atoms with van der Waals surface area (Å²) in [6.07, 6.45) is -9.29. The van der Waals surface area contributed by atoms with Crippen molar-refractivity contribution in [1.82, 2.24) is 29.9 Å². The van der Waals surface area contributed by atoms with E-state index in [1.807, 2.05) is 121 Å². The van der Waals surface area contributed by atoms with Crippen LogP contribution in [0, 0.1) is 23.3 Å². The number of aromatic nitrogens is 6. The molecular formula is C62H44BClF10N6O2. The lowest BCUT2D eigenvalue weighted by Crippen LogP contribution is -2.41. The van der Waals surface area contributed by atoms with E-state index >= 15 is 0 Å². The van der Waals surface area contributed by atoms with Gasteiger partial charge >= 0.3 is 19.5 Å². The van der Waals surface area contributed by atoms with Gasteiger partial charge in [0.25, 0.3) is 0 Å². The predicted molar refractivity (Wildman–Crippen MR) is 295 cm³/mol. The molecule has 8 nitrogen and oxygen atoms in total. The lowest BCUT2D eigenvalue weighted by Gasteiger charge is -2.32. The zero-order valence-electron chi connectivity index (χ0n) is 43.7. The summed E-state index contributed by atoms with van der Waals surface area (Å²) in [5, 5.41) is 0.0328. The van der Waals surface area contributed by atoms with Gasteiger partial charge in [-0.2, -0.15) is 26.3 Å². The lowest BCUT2D eigenvalue weighted by atomic mass is 9.78. The number of hydrogen-bond donors (Lipinski definition) is 0. The summed E-state index contributed by atoms with van der Waals surface area (Å²) in [5.41, 5.74) is 0.122. The Morgan fingerprint density at radius 1 is 0.354 bits per heavy atom. The average Bonchev–Trinajstić information content (AvgIpc) is 3.91. The van der Waals surface area contributed by atoms with Crippen LogP contribution in [0.3, 0.4) is 0 Å². The van der Waals surface area contributed by atoms with E-state index in [9.17, 15) is 43.9 Å². The van der Waals surface area contributed by atoms with Crippen molar-refractivity contribution < 1.29 is 53.2 Å². The molecule has 20 heteroatoms. The van der Waals surface area contributed by atoms with Gasteiger partial charge in [0, 0.05) is 50.0 Å². The van der Waals surface area contributed by atoms with Gasteiger partial charge in [0.05, 0.1) is 27.4 Å². The first-order valence-electron chi connectivity index (χ1n) is 25.0. The smallest absolute Gasteiger partial charge is 0.399 e. The van der Waals surface area contributed by atoms with Crippen LogP contribution in [0.1, 0.15) is 38.8 Å². The minimum Gasteiger partial charge on any atom is -0.399 e. The van der Waals surface area contributed by atoms with Crippen molar-refractivity contribution in [3.8, 4) is 79.5 Å². The number of nitrogens with zero attached hydrogens (tertiary/aromatic N) is 6. The largest absolute Gasteiger partial charge is 0.497 e. The first kappa shape index (κ1) is 58.0. The van der Waals surface area contributed by atoms with Crippen LogP contribution < -0.4 is 5.46 Å². The molecule has 0 radical (unpaired) electrons. The molecule has 1 aliphatic heterocycles. The van der Waals surface area contributed by atoms with Crippen molar-refractivity contribution in [3.05, 3.63) is 234 Å². The number of rotatable bonds is 8. The third-order valence-corrected chi connectivity index (χ3v) is 13.5. The van der Waals surface area contributed by atoms with Crippen molar-refractivity contribution >= 4 is 24.2 Å². The molecule has 3 heterocycles. The molecule has 11 rings (SSSR count). The molecule has 2 aromatic heterocycles. The summed E-state index contributed by atoms with van der Waals surface area (Å²) >= 11 is 5.93.